The first kappa shape index (κ1) is 24.2. The number of anilines is 1. The summed E-state index contributed by atoms with van der Waals surface area (Å²) < 4.78 is 11.5. The predicted octanol–water partition coefficient (Wildman–Crippen LogP) is 6.92. The Morgan fingerprint density at radius 1 is 1.06 bits per heavy atom. The molecule has 0 radical (unpaired) electrons. The lowest BCUT2D eigenvalue weighted by atomic mass is 10.1. The third-order valence-corrected chi connectivity index (χ3v) is 6.41. The summed E-state index contributed by atoms with van der Waals surface area (Å²) in [6.07, 6.45) is 4.22. The van der Waals surface area contributed by atoms with Gasteiger partial charge in [0.15, 0.2) is 16.6 Å². The molecule has 0 aliphatic rings. The Balaban J connectivity index is 1.37. The summed E-state index contributed by atoms with van der Waals surface area (Å²) in [6, 6.07) is 22.0. The Hall–Kier alpha value is -3.90. The lowest BCUT2D eigenvalue weighted by Gasteiger charge is -2.12. The van der Waals surface area contributed by atoms with Crippen molar-refractivity contribution in [2.24, 2.45) is 0 Å². The average molecular weight is 485 g/mol. The van der Waals surface area contributed by atoms with Crippen molar-refractivity contribution in [2.45, 2.75) is 26.9 Å². The molecule has 35 heavy (non-hydrogen) atoms. The van der Waals surface area contributed by atoms with Crippen molar-refractivity contribution in [1.82, 2.24) is 4.98 Å². The molecule has 1 heterocycles. The molecule has 0 saturated carbocycles. The van der Waals surface area contributed by atoms with Crippen LogP contribution in [0.5, 0.6) is 11.5 Å². The fraction of sp³-hybridized carbons (Fsp3) is 0.172. The molecule has 4 aromatic rings. The van der Waals surface area contributed by atoms with Gasteiger partial charge >= 0.3 is 0 Å². The van der Waals surface area contributed by atoms with Crippen LogP contribution in [-0.2, 0) is 17.8 Å². The smallest absolute Gasteiger partial charge is 0.250 e. The Bertz CT molecular complexity index is 1330. The topological polar surface area (TPSA) is 60.5 Å². The Labute approximate surface area is 210 Å². The van der Waals surface area contributed by atoms with E-state index in [-0.39, 0.29) is 5.91 Å². The van der Waals surface area contributed by atoms with Gasteiger partial charge in [-0.15, -0.1) is 11.3 Å². The van der Waals surface area contributed by atoms with Gasteiger partial charge in [-0.05, 0) is 53.8 Å². The van der Waals surface area contributed by atoms with E-state index in [0.717, 1.165) is 28.8 Å². The number of hydrogen-bond donors (Lipinski definition) is 1. The molecule has 0 unspecified atom stereocenters. The number of carbonyl (C=O) groups is 1. The molecule has 1 amide bonds. The molecule has 178 valence electrons. The van der Waals surface area contributed by atoms with Gasteiger partial charge in [0.25, 0.3) is 0 Å². The van der Waals surface area contributed by atoms with Gasteiger partial charge in [0, 0.05) is 17.0 Å². The molecular weight excluding hydrogens is 456 g/mol. The predicted molar refractivity (Wildman–Crippen MR) is 143 cm³/mol. The summed E-state index contributed by atoms with van der Waals surface area (Å²) >= 11 is 1.40. The quantitative estimate of drug-likeness (QED) is 0.262. The van der Waals surface area contributed by atoms with Crippen LogP contribution < -0.4 is 14.8 Å². The van der Waals surface area contributed by atoms with Crippen molar-refractivity contribution in [1.29, 1.82) is 0 Å². The number of aryl methyl sites for hydroxylation is 2. The van der Waals surface area contributed by atoms with Gasteiger partial charge < -0.3 is 9.47 Å². The van der Waals surface area contributed by atoms with Crippen LogP contribution >= 0.6 is 11.3 Å². The van der Waals surface area contributed by atoms with Gasteiger partial charge in [0.05, 0.1) is 12.8 Å². The maximum Gasteiger partial charge on any atom is 0.250 e. The summed E-state index contributed by atoms with van der Waals surface area (Å²) in [5, 5.41) is 5.34. The maximum absolute atomic E-state index is 12.4. The standard InChI is InChI=1S/C29H28N2O3S/c1-4-21-9-13-23(14-10-21)25-19-35-29(30-25)31-28(32)16-12-22-11-15-26(27(17-22)33-3)34-18-24-8-6-5-7-20(24)2/h5-17,19H,4,18H2,1-3H3,(H,30,31,32). The summed E-state index contributed by atoms with van der Waals surface area (Å²) in [7, 11) is 1.60. The van der Waals surface area contributed by atoms with Gasteiger partial charge in [0.1, 0.15) is 6.61 Å². The van der Waals surface area contributed by atoms with Crippen molar-refractivity contribution in [3.8, 4) is 22.8 Å². The van der Waals surface area contributed by atoms with Crippen molar-refractivity contribution < 1.29 is 14.3 Å². The minimum absolute atomic E-state index is 0.244. The minimum atomic E-state index is -0.244. The van der Waals surface area contributed by atoms with E-state index in [4.69, 9.17) is 9.47 Å². The summed E-state index contributed by atoms with van der Waals surface area (Å²) in [4.78, 5) is 17.0. The molecule has 4 rings (SSSR count). The van der Waals surface area contributed by atoms with Gasteiger partial charge in [-0.3, -0.25) is 10.1 Å². The van der Waals surface area contributed by atoms with Gasteiger partial charge in [-0.2, -0.15) is 0 Å². The molecule has 0 aliphatic carbocycles. The molecule has 5 nitrogen and oxygen atoms in total. The van der Waals surface area contributed by atoms with Crippen molar-refractivity contribution >= 4 is 28.5 Å². The number of ether oxygens (including phenoxy) is 2. The Morgan fingerprint density at radius 3 is 2.60 bits per heavy atom. The highest BCUT2D eigenvalue weighted by molar-refractivity contribution is 7.14. The number of rotatable bonds is 9. The second-order valence-electron chi connectivity index (χ2n) is 8.04. The average Bonchev–Trinajstić information content (AvgIpc) is 3.35. The highest BCUT2D eigenvalue weighted by Gasteiger charge is 2.09. The lowest BCUT2D eigenvalue weighted by Crippen LogP contribution is -2.07. The summed E-state index contributed by atoms with van der Waals surface area (Å²) in [5.74, 6) is 1.02. The van der Waals surface area contributed by atoms with Crippen molar-refractivity contribution in [3.63, 3.8) is 0 Å². The van der Waals surface area contributed by atoms with Crippen LogP contribution in [0.4, 0.5) is 5.13 Å². The molecule has 3 aromatic carbocycles. The minimum Gasteiger partial charge on any atom is -0.493 e. The van der Waals surface area contributed by atoms with E-state index in [1.165, 1.54) is 28.5 Å². The largest absolute Gasteiger partial charge is 0.493 e. The van der Waals surface area contributed by atoms with Crippen LogP contribution in [-0.4, -0.2) is 18.0 Å². The van der Waals surface area contributed by atoms with Crippen molar-refractivity contribution in [3.05, 3.63) is 100 Å². The molecule has 0 bridgehead atoms. The number of benzene rings is 3. The Kier molecular flexibility index (Phi) is 7.95. The molecule has 0 spiro atoms. The zero-order chi connectivity index (χ0) is 24.6. The summed E-state index contributed by atoms with van der Waals surface area (Å²) in [6.45, 7) is 4.65. The molecule has 6 heteroatoms. The van der Waals surface area contributed by atoms with E-state index in [1.54, 1.807) is 13.2 Å². The first-order valence-electron chi connectivity index (χ1n) is 11.4. The van der Waals surface area contributed by atoms with E-state index in [1.807, 2.05) is 41.8 Å². The van der Waals surface area contributed by atoms with Crippen molar-refractivity contribution in [2.75, 3.05) is 12.4 Å². The number of aromatic nitrogens is 1. The number of amides is 1. The molecule has 0 atom stereocenters. The number of carbonyl (C=O) groups excluding carboxylic acids is 1. The number of hydrogen-bond acceptors (Lipinski definition) is 5. The number of nitrogens with zero attached hydrogens (tertiary/aromatic N) is 1. The Morgan fingerprint density at radius 2 is 1.86 bits per heavy atom. The normalized spacial score (nSPS) is 10.9. The fourth-order valence-corrected chi connectivity index (χ4v) is 4.25. The molecule has 0 fully saturated rings. The number of methoxy groups -OCH3 is 1. The number of thiazole rings is 1. The molecule has 1 aromatic heterocycles. The van der Waals surface area contributed by atoms with E-state index < -0.39 is 0 Å². The first-order chi connectivity index (χ1) is 17.1. The maximum atomic E-state index is 12.4. The third kappa shape index (κ3) is 6.37. The zero-order valence-corrected chi connectivity index (χ0v) is 20.9. The third-order valence-electron chi connectivity index (χ3n) is 5.65. The van der Waals surface area contributed by atoms with Gasteiger partial charge in [0.2, 0.25) is 5.91 Å². The van der Waals surface area contributed by atoms with Crippen LogP contribution in [0.3, 0.4) is 0 Å². The van der Waals surface area contributed by atoms with E-state index in [9.17, 15) is 4.79 Å². The van der Waals surface area contributed by atoms with E-state index >= 15 is 0 Å². The summed E-state index contributed by atoms with van der Waals surface area (Å²) in [5.41, 5.74) is 6.30. The fourth-order valence-electron chi connectivity index (χ4n) is 3.53. The second-order valence-corrected chi connectivity index (χ2v) is 8.89. The van der Waals surface area contributed by atoms with E-state index in [0.29, 0.717) is 23.2 Å². The second kappa shape index (κ2) is 11.5. The monoisotopic (exact) mass is 484 g/mol. The van der Waals surface area contributed by atoms with Crippen LogP contribution in [0.25, 0.3) is 17.3 Å². The highest BCUT2D eigenvalue weighted by Crippen LogP contribution is 2.30. The van der Waals surface area contributed by atoms with Crippen LogP contribution in [0.2, 0.25) is 0 Å². The van der Waals surface area contributed by atoms with Crippen LogP contribution in [0, 0.1) is 6.92 Å². The molecule has 0 aliphatic heterocycles. The zero-order valence-electron chi connectivity index (χ0n) is 20.1. The molecule has 0 saturated heterocycles. The van der Waals surface area contributed by atoms with Crippen LogP contribution in [0.1, 0.15) is 29.2 Å². The van der Waals surface area contributed by atoms with Gasteiger partial charge in [-0.25, -0.2) is 4.98 Å². The van der Waals surface area contributed by atoms with Crippen LogP contribution in [0.15, 0.2) is 78.2 Å². The first-order valence-corrected chi connectivity index (χ1v) is 12.3. The highest BCUT2D eigenvalue weighted by atomic mass is 32.1. The van der Waals surface area contributed by atoms with Gasteiger partial charge in [-0.1, -0.05) is 61.5 Å². The SMILES string of the molecule is CCc1ccc(-c2csc(NC(=O)C=Cc3ccc(OCc4ccccc4C)c(OC)c3)n2)cc1. The lowest BCUT2D eigenvalue weighted by molar-refractivity contribution is -0.111. The molecule has 1 N–H and O–H groups in total. The number of nitrogens with one attached hydrogen (secondary N) is 1. The van der Waals surface area contributed by atoms with E-state index in [2.05, 4.69) is 54.5 Å². The molecular formula is C29H28N2O3S.